The van der Waals surface area contributed by atoms with Gasteiger partial charge < -0.3 is 10.6 Å². The number of hydrogen-bond donors (Lipinski definition) is 1. The number of nitrogens with zero attached hydrogens (tertiary/aromatic N) is 1. The largest absolute Gasteiger partial charge is 0.332 e. The maximum absolute atomic E-state index is 13.7. The van der Waals surface area contributed by atoms with Gasteiger partial charge in [-0.25, -0.2) is 13.2 Å². The first-order valence-corrected chi connectivity index (χ1v) is 5.50. The summed E-state index contributed by atoms with van der Waals surface area (Å²) >= 11 is 0. The molecule has 0 spiro atoms. The lowest BCUT2D eigenvalue weighted by Crippen LogP contribution is -2.39. The monoisotopic (exact) mass is 260 g/mol. The molecule has 0 radical (unpaired) electrons. The number of aryl methyl sites for hydroxylation is 1. The maximum atomic E-state index is 13.7. The molecule has 18 heavy (non-hydrogen) atoms. The van der Waals surface area contributed by atoms with Crippen LogP contribution in [0.5, 0.6) is 0 Å². The molecule has 0 aromatic heterocycles. The number of benzene rings is 1. The molecule has 0 fully saturated rings. The van der Waals surface area contributed by atoms with Gasteiger partial charge in [0.25, 0.3) is 12.3 Å². The van der Waals surface area contributed by atoms with Gasteiger partial charge >= 0.3 is 0 Å². The highest BCUT2D eigenvalue weighted by Crippen LogP contribution is 2.15. The minimum absolute atomic E-state index is 0.0312. The molecule has 100 valence electrons. The number of hydrogen-bond acceptors (Lipinski definition) is 2. The smallest absolute Gasteiger partial charge is 0.257 e. The zero-order chi connectivity index (χ0) is 13.7. The predicted molar refractivity (Wildman–Crippen MR) is 62.1 cm³/mol. The van der Waals surface area contributed by atoms with Crippen LogP contribution in [0.4, 0.5) is 13.2 Å². The Morgan fingerprint density at radius 2 is 2.11 bits per heavy atom. The van der Waals surface area contributed by atoms with Crippen molar-refractivity contribution in [1.29, 1.82) is 0 Å². The molecule has 0 aliphatic heterocycles. The van der Waals surface area contributed by atoms with Crippen LogP contribution in [0.2, 0.25) is 0 Å². The highest BCUT2D eigenvalue weighted by Gasteiger charge is 2.22. The van der Waals surface area contributed by atoms with Crippen LogP contribution in [-0.2, 0) is 0 Å². The van der Waals surface area contributed by atoms with E-state index in [1.165, 1.54) is 25.1 Å². The second kappa shape index (κ2) is 6.39. The zero-order valence-electron chi connectivity index (χ0n) is 10.00. The first-order chi connectivity index (χ1) is 8.47. The molecule has 0 saturated carbocycles. The van der Waals surface area contributed by atoms with Gasteiger partial charge in [-0.05, 0) is 18.6 Å². The van der Waals surface area contributed by atoms with Crippen molar-refractivity contribution >= 4 is 5.91 Å². The zero-order valence-corrected chi connectivity index (χ0v) is 10.00. The predicted octanol–water partition coefficient (Wildman–Crippen LogP) is 1.80. The van der Waals surface area contributed by atoms with E-state index in [0.29, 0.717) is 5.56 Å². The van der Waals surface area contributed by atoms with Gasteiger partial charge in [-0.2, -0.15) is 0 Å². The molecule has 0 unspecified atom stereocenters. The van der Waals surface area contributed by atoms with Gasteiger partial charge in [-0.1, -0.05) is 12.1 Å². The minimum atomic E-state index is -2.67. The summed E-state index contributed by atoms with van der Waals surface area (Å²) in [5.41, 5.74) is 5.35. The van der Waals surface area contributed by atoms with Crippen molar-refractivity contribution in [3.63, 3.8) is 0 Å². The fraction of sp³-hybridized carbons (Fsp3) is 0.417. The van der Waals surface area contributed by atoms with Crippen molar-refractivity contribution in [2.45, 2.75) is 13.3 Å². The van der Waals surface area contributed by atoms with Crippen LogP contribution in [0.3, 0.4) is 0 Å². The van der Waals surface area contributed by atoms with Crippen LogP contribution >= 0.6 is 0 Å². The number of carbonyl (C=O) groups is 1. The Hall–Kier alpha value is -1.56. The van der Waals surface area contributed by atoms with Gasteiger partial charge in [-0.15, -0.1) is 0 Å². The molecular formula is C12H15F3N2O. The fourth-order valence-electron chi connectivity index (χ4n) is 1.58. The molecule has 6 heteroatoms. The topological polar surface area (TPSA) is 46.3 Å². The fourth-order valence-corrected chi connectivity index (χ4v) is 1.58. The Morgan fingerprint density at radius 1 is 1.44 bits per heavy atom. The summed E-state index contributed by atoms with van der Waals surface area (Å²) in [5, 5.41) is 0. The van der Waals surface area contributed by atoms with Crippen molar-refractivity contribution < 1.29 is 18.0 Å². The van der Waals surface area contributed by atoms with E-state index < -0.39 is 24.7 Å². The van der Waals surface area contributed by atoms with E-state index in [-0.39, 0.29) is 18.7 Å². The molecule has 1 aromatic carbocycles. The highest BCUT2D eigenvalue weighted by atomic mass is 19.3. The summed E-state index contributed by atoms with van der Waals surface area (Å²) in [6.07, 6.45) is -2.67. The van der Waals surface area contributed by atoms with Gasteiger partial charge in [0.15, 0.2) is 0 Å². The molecule has 0 saturated heterocycles. The van der Waals surface area contributed by atoms with Gasteiger partial charge in [-0.3, -0.25) is 4.79 Å². The van der Waals surface area contributed by atoms with Gasteiger partial charge in [0.05, 0.1) is 12.1 Å². The Morgan fingerprint density at radius 3 is 2.67 bits per heavy atom. The minimum Gasteiger partial charge on any atom is -0.332 e. The van der Waals surface area contributed by atoms with Gasteiger partial charge in [0.1, 0.15) is 5.82 Å². The third-order valence-corrected chi connectivity index (χ3v) is 2.47. The summed E-state index contributed by atoms with van der Waals surface area (Å²) in [5.74, 6) is -1.44. The number of carbonyl (C=O) groups excluding carboxylic acids is 1. The number of amides is 1. The summed E-state index contributed by atoms with van der Waals surface area (Å²) in [6.45, 7) is 0.776. The lowest BCUT2D eigenvalue weighted by atomic mass is 10.1. The van der Waals surface area contributed by atoms with E-state index >= 15 is 0 Å². The van der Waals surface area contributed by atoms with Gasteiger partial charge in [0.2, 0.25) is 0 Å². The molecule has 1 aromatic rings. The SMILES string of the molecule is Cc1cccc(C(=O)N(CCN)CC(F)F)c1F. The van der Waals surface area contributed by atoms with Crippen molar-refractivity contribution in [2.75, 3.05) is 19.6 Å². The number of halogens is 3. The number of rotatable bonds is 5. The maximum Gasteiger partial charge on any atom is 0.257 e. The van der Waals surface area contributed by atoms with E-state index in [2.05, 4.69) is 0 Å². The van der Waals surface area contributed by atoms with E-state index in [4.69, 9.17) is 5.73 Å². The normalized spacial score (nSPS) is 10.8. The van der Waals surface area contributed by atoms with E-state index in [9.17, 15) is 18.0 Å². The molecule has 1 amide bonds. The number of nitrogens with two attached hydrogens (primary N) is 1. The van der Waals surface area contributed by atoms with Crippen molar-refractivity contribution in [2.24, 2.45) is 5.73 Å². The highest BCUT2D eigenvalue weighted by molar-refractivity contribution is 5.94. The second-order valence-corrected chi connectivity index (χ2v) is 3.87. The first kappa shape index (κ1) is 14.5. The Labute approximate surface area is 103 Å². The Balaban J connectivity index is 2.98. The molecule has 3 nitrogen and oxygen atoms in total. The van der Waals surface area contributed by atoms with E-state index in [1.54, 1.807) is 0 Å². The molecule has 0 aliphatic carbocycles. The quantitative estimate of drug-likeness (QED) is 0.877. The van der Waals surface area contributed by atoms with Crippen LogP contribution in [0.15, 0.2) is 18.2 Å². The van der Waals surface area contributed by atoms with Crippen LogP contribution in [0, 0.1) is 12.7 Å². The Bertz CT molecular complexity index is 424. The van der Waals surface area contributed by atoms with Crippen molar-refractivity contribution in [3.05, 3.63) is 35.1 Å². The van der Waals surface area contributed by atoms with E-state index in [1.807, 2.05) is 0 Å². The molecule has 0 bridgehead atoms. The lowest BCUT2D eigenvalue weighted by Gasteiger charge is -2.22. The molecule has 0 atom stereocenters. The van der Waals surface area contributed by atoms with Crippen molar-refractivity contribution in [3.8, 4) is 0 Å². The average Bonchev–Trinajstić information content (AvgIpc) is 2.31. The summed E-state index contributed by atoms with van der Waals surface area (Å²) in [6, 6.07) is 4.29. The van der Waals surface area contributed by atoms with Gasteiger partial charge in [0, 0.05) is 13.1 Å². The molecular weight excluding hydrogens is 245 g/mol. The van der Waals surface area contributed by atoms with Crippen LogP contribution < -0.4 is 5.73 Å². The standard InChI is InChI=1S/C12H15F3N2O/c1-8-3-2-4-9(11(8)15)12(18)17(6-5-16)7-10(13)14/h2-4,10H,5-7,16H2,1H3. The first-order valence-electron chi connectivity index (χ1n) is 5.50. The average molecular weight is 260 g/mol. The molecule has 2 N–H and O–H groups in total. The van der Waals surface area contributed by atoms with Crippen LogP contribution in [0.25, 0.3) is 0 Å². The summed E-state index contributed by atoms with van der Waals surface area (Å²) in [4.78, 5) is 12.8. The third kappa shape index (κ3) is 3.46. The second-order valence-electron chi connectivity index (χ2n) is 3.87. The summed E-state index contributed by atoms with van der Waals surface area (Å²) in [7, 11) is 0. The van der Waals surface area contributed by atoms with Crippen LogP contribution in [0.1, 0.15) is 15.9 Å². The number of alkyl halides is 2. The lowest BCUT2D eigenvalue weighted by molar-refractivity contribution is 0.0558. The van der Waals surface area contributed by atoms with Crippen molar-refractivity contribution in [1.82, 2.24) is 4.90 Å². The molecule has 0 aliphatic rings. The van der Waals surface area contributed by atoms with E-state index in [0.717, 1.165) is 4.90 Å². The third-order valence-electron chi connectivity index (χ3n) is 2.47. The molecule has 1 rings (SSSR count). The van der Waals surface area contributed by atoms with Crippen LogP contribution in [-0.4, -0.2) is 36.9 Å². The molecule has 0 heterocycles. The Kier molecular flexibility index (Phi) is 5.15. The summed E-state index contributed by atoms with van der Waals surface area (Å²) < 4.78 is 38.4.